The van der Waals surface area contributed by atoms with E-state index in [9.17, 15) is 9.59 Å². The molecule has 1 saturated carbocycles. The van der Waals surface area contributed by atoms with Crippen molar-refractivity contribution in [3.63, 3.8) is 0 Å². The number of nitrogens with zero attached hydrogens (tertiary/aromatic N) is 2. The lowest BCUT2D eigenvalue weighted by atomic mass is 10.1. The zero-order valence-corrected chi connectivity index (χ0v) is 12.9. The van der Waals surface area contributed by atoms with E-state index in [0.717, 1.165) is 51.2 Å². The lowest BCUT2D eigenvalue weighted by Crippen LogP contribution is -2.45. The summed E-state index contributed by atoms with van der Waals surface area (Å²) in [7, 11) is 0. The third-order valence-electron chi connectivity index (χ3n) is 5.05. The number of hydrogen-bond donors (Lipinski definition) is 1. The van der Waals surface area contributed by atoms with Gasteiger partial charge in [0.05, 0.1) is 0 Å². The van der Waals surface area contributed by atoms with E-state index in [4.69, 9.17) is 0 Å². The number of hydrogen-bond acceptors (Lipinski definition) is 2. The molecule has 0 bridgehead atoms. The van der Waals surface area contributed by atoms with Crippen molar-refractivity contribution in [2.75, 3.05) is 26.2 Å². The Labute approximate surface area is 127 Å². The summed E-state index contributed by atoms with van der Waals surface area (Å²) in [6.07, 6.45) is 8.76. The molecule has 21 heavy (non-hydrogen) atoms. The van der Waals surface area contributed by atoms with Gasteiger partial charge >= 0.3 is 6.03 Å². The Balaban J connectivity index is 1.38. The monoisotopic (exact) mass is 293 g/mol. The Bertz CT molecular complexity index is 389. The SMILES string of the molecule is O=C(CCNC(=O)N1CCCC1C1CC1)N1CCCCC1. The Hall–Kier alpha value is -1.26. The highest BCUT2D eigenvalue weighted by molar-refractivity contribution is 5.78. The van der Waals surface area contributed by atoms with Crippen molar-refractivity contribution >= 4 is 11.9 Å². The first kappa shape index (κ1) is 14.7. The molecular weight excluding hydrogens is 266 g/mol. The summed E-state index contributed by atoms with van der Waals surface area (Å²) in [5, 5.41) is 2.95. The molecule has 0 aromatic heterocycles. The van der Waals surface area contributed by atoms with E-state index < -0.39 is 0 Å². The maximum atomic E-state index is 12.2. The molecule has 2 saturated heterocycles. The van der Waals surface area contributed by atoms with Crippen LogP contribution >= 0.6 is 0 Å². The molecule has 118 valence electrons. The second kappa shape index (κ2) is 6.67. The van der Waals surface area contributed by atoms with Gasteiger partial charge in [0.2, 0.25) is 5.91 Å². The van der Waals surface area contributed by atoms with Crippen LogP contribution in [0.1, 0.15) is 51.4 Å². The molecule has 2 heterocycles. The smallest absolute Gasteiger partial charge is 0.317 e. The molecule has 0 aromatic rings. The fraction of sp³-hybridized carbons (Fsp3) is 0.875. The highest BCUT2D eigenvalue weighted by Gasteiger charge is 2.39. The van der Waals surface area contributed by atoms with Gasteiger partial charge in [0.1, 0.15) is 0 Å². The van der Waals surface area contributed by atoms with Gasteiger partial charge in [0, 0.05) is 38.6 Å². The second-order valence-corrected chi connectivity index (χ2v) is 6.66. The van der Waals surface area contributed by atoms with E-state index in [-0.39, 0.29) is 11.9 Å². The van der Waals surface area contributed by atoms with Crippen LogP contribution < -0.4 is 5.32 Å². The van der Waals surface area contributed by atoms with Gasteiger partial charge in [-0.3, -0.25) is 4.79 Å². The largest absolute Gasteiger partial charge is 0.343 e. The summed E-state index contributed by atoms with van der Waals surface area (Å²) in [5.41, 5.74) is 0. The predicted octanol–water partition coefficient (Wildman–Crippen LogP) is 1.97. The maximum Gasteiger partial charge on any atom is 0.317 e. The number of rotatable bonds is 4. The van der Waals surface area contributed by atoms with E-state index in [1.165, 1.54) is 19.3 Å². The molecule has 1 atom stereocenters. The van der Waals surface area contributed by atoms with Crippen LogP contribution in [0.3, 0.4) is 0 Å². The van der Waals surface area contributed by atoms with Crippen molar-refractivity contribution in [2.45, 2.75) is 57.4 Å². The molecule has 2 aliphatic heterocycles. The van der Waals surface area contributed by atoms with Gasteiger partial charge in [-0.1, -0.05) is 0 Å². The molecule has 1 aliphatic carbocycles. The van der Waals surface area contributed by atoms with Gasteiger partial charge in [0.25, 0.3) is 0 Å². The lowest BCUT2D eigenvalue weighted by molar-refractivity contribution is -0.131. The molecule has 5 heteroatoms. The Morgan fingerprint density at radius 1 is 0.952 bits per heavy atom. The summed E-state index contributed by atoms with van der Waals surface area (Å²) in [5.74, 6) is 0.934. The first-order chi connectivity index (χ1) is 10.3. The summed E-state index contributed by atoms with van der Waals surface area (Å²) in [6, 6.07) is 0.499. The highest BCUT2D eigenvalue weighted by atomic mass is 16.2. The third kappa shape index (κ3) is 3.69. The van der Waals surface area contributed by atoms with Crippen molar-refractivity contribution in [3.05, 3.63) is 0 Å². The normalized spacial score (nSPS) is 26.0. The van der Waals surface area contributed by atoms with Crippen LogP contribution in [0.2, 0.25) is 0 Å². The number of urea groups is 1. The quantitative estimate of drug-likeness (QED) is 0.861. The fourth-order valence-corrected chi connectivity index (χ4v) is 3.70. The number of likely N-dealkylation sites (tertiary alicyclic amines) is 2. The van der Waals surface area contributed by atoms with Crippen LogP contribution in [0.5, 0.6) is 0 Å². The lowest BCUT2D eigenvalue weighted by Gasteiger charge is -2.27. The maximum absolute atomic E-state index is 12.2. The molecule has 3 fully saturated rings. The summed E-state index contributed by atoms with van der Waals surface area (Å²) in [6.45, 7) is 3.14. The van der Waals surface area contributed by atoms with Gasteiger partial charge in [-0.05, 0) is 50.9 Å². The average Bonchev–Trinajstić information content (AvgIpc) is 3.24. The average molecular weight is 293 g/mol. The van der Waals surface area contributed by atoms with E-state index in [0.29, 0.717) is 19.0 Å². The van der Waals surface area contributed by atoms with E-state index >= 15 is 0 Å². The van der Waals surface area contributed by atoms with Crippen molar-refractivity contribution in [2.24, 2.45) is 5.92 Å². The number of nitrogens with one attached hydrogen (secondary N) is 1. The number of carbonyl (C=O) groups excluding carboxylic acids is 2. The number of piperidine rings is 1. The van der Waals surface area contributed by atoms with Crippen molar-refractivity contribution in [1.82, 2.24) is 15.1 Å². The van der Waals surface area contributed by atoms with E-state index in [1.807, 2.05) is 9.80 Å². The van der Waals surface area contributed by atoms with Gasteiger partial charge in [-0.2, -0.15) is 0 Å². The Morgan fingerprint density at radius 2 is 1.71 bits per heavy atom. The minimum Gasteiger partial charge on any atom is -0.343 e. The molecule has 3 rings (SSSR count). The zero-order chi connectivity index (χ0) is 14.7. The van der Waals surface area contributed by atoms with E-state index in [1.54, 1.807) is 0 Å². The molecule has 3 aliphatic rings. The van der Waals surface area contributed by atoms with Crippen molar-refractivity contribution in [1.29, 1.82) is 0 Å². The topological polar surface area (TPSA) is 52.7 Å². The van der Waals surface area contributed by atoms with Gasteiger partial charge in [0.15, 0.2) is 0 Å². The van der Waals surface area contributed by atoms with Gasteiger partial charge in [-0.25, -0.2) is 4.79 Å². The Morgan fingerprint density at radius 3 is 2.43 bits per heavy atom. The number of amides is 3. The molecule has 0 aromatic carbocycles. The van der Waals surface area contributed by atoms with Crippen LogP contribution in [0.25, 0.3) is 0 Å². The molecule has 1 N–H and O–H groups in total. The molecule has 5 nitrogen and oxygen atoms in total. The predicted molar refractivity (Wildman–Crippen MR) is 80.9 cm³/mol. The second-order valence-electron chi connectivity index (χ2n) is 6.66. The van der Waals surface area contributed by atoms with Crippen LogP contribution in [0.15, 0.2) is 0 Å². The van der Waals surface area contributed by atoms with Crippen molar-refractivity contribution in [3.8, 4) is 0 Å². The van der Waals surface area contributed by atoms with Crippen molar-refractivity contribution < 1.29 is 9.59 Å². The van der Waals surface area contributed by atoms with Crippen LogP contribution in [-0.2, 0) is 4.79 Å². The summed E-state index contributed by atoms with van der Waals surface area (Å²) >= 11 is 0. The molecular formula is C16H27N3O2. The minimum absolute atomic E-state index is 0.0378. The molecule has 3 amide bonds. The Kier molecular flexibility index (Phi) is 4.66. The van der Waals surface area contributed by atoms with Gasteiger partial charge < -0.3 is 15.1 Å². The fourth-order valence-electron chi connectivity index (χ4n) is 3.70. The standard InChI is InChI=1S/C16H27N3O2/c20-15(18-10-2-1-3-11-18)8-9-17-16(21)19-12-4-5-14(19)13-6-7-13/h13-14H,1-12H2,(H,17,21). The number of carbonyl (C=O) groups is 2. The zero-order valence-electron chi connectivity index (χ0n) is 12.9. The van der Waals surface area contributed by atoms with E-state index in [2.05, 4.69) is 5.32 Å². The summed E-state index contributed by atoms with van der Waals surface area (Å²) < 4.78 is 0. The molecule has 0 radical (unpaired) electrons. The first-order valence-corrected chi connectivity index (χ1v) is 8.58. The van der Waals surface area contributed by atoms with Gasteiger partial charge in [-0.15, -0.1) is 0 Å². The van der Waals surface area contributed by atoms with Crippen LogP contribution in [-0.4, -0.2) is 54.0 Å². The van der Waals surface area contributed by atoms with Crippen LogP contribution in [0, 0.1) is 5.92 Å². The molecule has 1 unspecified atom stereocenters. The first-order valence-electron chi connectivity index (χ1n) is 8.58. The molecule has 0 spiro atoms. The summed E-state index contributed by atoms with van der Waals surface area (Å²) in [4.78, 5) is 28.2. The van der Waals surface area contributed by atoms with Crippen LogP contribution in [0.4, 0.5) is 4.79 Å². The third-order valence-corrected chi connectivity index (χ3v) is 5.05. The minimum atomic E-state index is 0.0378. The highest BCUT2D eigenvalue weighted by Crippen LogP contribution is 2.39.